The molecule has 2 aromatic carbocycles. The molecule has 0 saturated carbocycles. The van der Waals surface area contributed by atoms with Gasteiger partial charge >= 0.3 is 0 Å². The number of ether oxygens (including phenoxy) is 2. The van der Waals surface area contributed by atoms with Crippen LogP contribution in [0.2, 0.25) is 0 Å². The zero-order valence-corrected chi connectivity index (χ0v) is 18.1. The number of hydrogen-bond acceptors (Lipinski definition) is 6. The molecule has 2 heterocycles. The van der Waals surface area contributed by atoms with Crippen LogP contribution in [0.3, 0.4) is 0 Å². The van der Waals surface area contributed by atoms with E-state index in [9.17, 15) is 13.2 Å². The molecule has 2 aromatic rings. The summed E-state index contributed by atoms with van der Waals surface area (Å²) >= 11 is 0. The second-order valence-corrected chi connectivity index (χ2v) is 8.88. The second kappa shape index (κ2) is 8.43. The van der Waals surface area contributed by atoms with Crippen LogP contribution in [0.25, 0.3) is 4.91 Å². The van der Waals surface area contributed by atoms with E-state index in [1.54, 1.807) is 18.2 Å². The summed E-state index contributed by atoms with van der Waals surface area (Å²) in [6.45, 7) is 4.11. The van der Waals surface area contributed by atoms with Crippen molar-refractivity contribution >= 4 is 26.7 Å². The van der Waals surface area contributed by atoms with Crippen molar-refractivity contribution in [2.45, 2.75) is 26.8 Å². The minimum atomic E-state index is -3.73. The Balaban J connectivity index is 1.46. The number of rotatable bonds is 6. The molecule has 1 amide bonds. The van der Waals surface area contributed by atoms with Crippen molar-refractivity contribution < 1.29 is 22.7 Å². The Morgan fingerprint density at radius 2 is 1.87 bits per heavy atom. The number of benzene rings is 2. The molecule has 0 atom stereocenters. The fourth-order valence-electron chi connectivity index (χ4n) is 3.46. The number of aliphatic imine (C=N–C) groups is 1. The summed E-state index contributed by atoms with van der Waals surface area (Å²) < 4.78 is 38.5. The highest BCUT2D eigenvalue weighted by Gasteiger charge is 2.34. The Morgan fingerprint density at radius 3 is 2.61 bits per heavy atom. The van der Waals surface area contributed by atoms with E-state index in [0.29, 0.717) is 35.6 Å². The van der Waals surface area contributed by atoms with E-state index in [1.165, 1.54) is 0 Å². The minimum Gasteiger partial charge on any atom is -0.454 e. The summed E-state index contributed by atoms with van der Waals surface area (Å²) in [6.07, 6.45) is 0.465. The third-order valence-corrected chi connectivity index (χ3v) is 6.52. The number of amidine groups is 1. The van der Waals surface area contributed by atoms with Gasteiger partial charge in [0.1, 0.15) is 17.3 Å². The van der Waals surface area contributed by atoms with E-state index < -0.39 is 10.0 Å². The van der Waals surface area contributed by atoms with Gasteiger partial charge in [-0.3, -0.25) is 14.5 Å². The van der Waals surface area contributed by atoms with Crippen molar-refractivity contribution in [2.24, 2.45) is 4.99 Å². The van der Waals surface area contributed by atoms with Gasteiger partial charge in [-0.25, -0.2) is 8.42 Å². The van der Waals surface area contributed by atoms with Gasteiger partial charge in [0.25, 0.3) is 10.0 Å². The number of carbonyl (C=O) groups is 1. The smallest absolute Gasteiger partial charge is 0.264 e. The monoisotopic (exact) mass is 441 g/mol. The van der Waals surface area contributed by atoms with E-state index in [1.807, 2.05) is 38.1 Å². The van der Waals surface area contributed by atoms with Crippen molar-refractivity contribution in [1.29, 1.82) is 0 Å². The summed E-state index contributed by atoms with van der Waals surface area (Å²) in [4.78, 5) is 16.7. The molecule has 4 rings (SSSR count). The van der Waals surface area contributed by atoms with Crippen LogP contribution in [0.5, 0.6) is 11.5 Å². The van der Waals surface area contributed by atoms with E-state index in [0.717, 1.165) is 11.1 Å². The number of carbonyl (C=O) groups excluding carboxylic acids is 1. The fourth-order valence-corrected chi connectivity index (χ4v) is 5.01. The summed E-state index contributed by atoms with van der Waals surface area (Å²) in [5.74, 6) is 1.23. The van der Waals surface area contributed by atoms with Gasteiger partial charge < -0.3 is 14.8 Å². The number of sulfonamides is 1. The lowest BCUT2D eigenvalue weighted by molar-refractivity contribution is -0.119. The van der Waals surface area contributed by atoms with Gasteiger partial charge in [-0.1, -0.05) is 42.8 Å². The third-order valence-electron chi connectivity index (χ3n) is 5.03. The molecule has 0 spiro atoms. The van der Waals surface area contributed by atoms with Gasteiger partial charge in [-0.2, -0.15) is 0 Å². The van der Waals surface area contributed by atoms with Gasteiger partial charge in [-0.05, 0) is 36.6 Å². The molecule has 2 N–H and O–H groups in total. The maximum absolute atomic E-state index is 12.7. The molecular weight excluding hydrogens is 418 g/mol. The normalized spacial score (nSPS) is 17.7. The highest BCUT2D eigenvalue weighted by Crippen LogP contribution is 2.33. The Labute approximate surface area is 181 Å². The first-order valence-corrected chi connectivity index (χ1v) is 11.4. The maximum atomic E-state index is 12.7. The predicted molar refractivity (Wildman–Crippen MR) is 117 cm³/mol. The van der Waals surface area contributed by atoms with E-state index in [4.69, 9.17) is 9.47 Å². The molecule has 0 radical (unpaired) electrons. The molecule has 2 aliphatic heterocycles. The first-order chi connectivity index (χ1) is 14.9. The molecule has 0 aliphatic carbocycles. The molecule has 31 heavy (non-hydrogen) atoms. The third kappa shape index (κ3) is 4.41. The van der Waals surface area contributed by atoms with Crippen LogP contribution in [0.15, 0.2) is 53.0 Å². The quantitative estimate of drug-likeness (QED) is 0.716. The number of nitrogens with one attached hydrogen (secondary N) is 2. The fraction of sp³-hybridized carbons (Fsp3) is 0.273. The maximum Gasteiger partial charge on any atom is 0.264 e. The SMILES string of the molecule is CCC1=C(c2ccc(C)cc2)S(=O)(=O)NC1=NCC(=O)NCc1ccc2c(c1)OCO2. The largest absolute Gasteiger partial charge is 0.454 e. The molecule has 0 saturated heterocycles. The van der Waals surface area contributed by atoms with Crippen molar-refractivity contribution in [3.8, 4) is 11.5 Å². The first kappa shape index (κ1) is 20.9. The van der Waals surface area contributed by atoms with E-state index in [2.05, 4.69) is 15.0 Å². The van der Waals surface area contributed by atoms with Crippen molar-refractivity contribution in [3.05, 3.63) is 64.7 Å². The number of hydrogen-bond donors (Lipinski definition) is 2. The number of aryl methyl sites for hydroxylation is 1. The van der Waals surface area contributed by atoms with Crippen LogP contribution in [0.1, 0.15) is 30.0 Å². The highest BCUT2D eigenvalue weighted by atomic mass is 32.2. The van der Waals surface area contributed by atoms with Gasteiger partial charge in [0.15, 0.2) is 11.5 Å². The lowest BCUT2D eigenvalue weighted by Gasteiger charge is -2.06. The van der Waals surface area contributed by atoms with Crippen LogP contribution in [0, 0.1) is 6.92 Å². The van der Waals surface area contributed by atoms with Gasteiger partial charge in [0.2, 0.25) is 12.7 Å². The van der Waals surface area contributed by atoms with Crippen molar-refractivity contribution in [2.75, 3.05) is 13.3 Å². The average molecular weight is 442 g/mol. The van der Waals surface area contributed by atoms with Crippen LogP contribution >= 0.6 is 0 Å². The van der Waals surface area contributed by atoms with Gasteiger partial charge in [0.05, 0.1) is 0 Å². The topological polar surface area (TPSA) is 106 Å². The molecule has 0 bridgehead atoms. The van der Waals surface area contributed by atoms with Crippen molar-refractivity contribution in [1.82, 2.24) is 10.0 Å². The minimum absolute atomic E-state index is 0.187. The molecule has 2 aliphatic rings. The van der Waals surface area contributed by atoms with Crippen LogP contribution in [-0.4, -0.2) is 33.5 Å². The van der Waals surface area contributed by atoms with E-state index in [-0.39, 0.29) is 30.0 Å². The first-order valence-electron chi connectivity index (χ1n) is 9.90. The standard InChI is InChI=1S/C22H23N3O5S/c1-3-17-21(16-7-4-14(2)5-8-16)31(27,28)25-22(17)24-12-20(26)23-11-15-6-9-18-19(10-15)30-13-29-18/h4-10H,3,11-13H2,1-2H3,(H,23,26)(H,24,25). The molecule has 0 fully saturated rings. The number of amides is 1. The lowest BCUT2D eigenvalue weighted by atomic mass is 10.1. The van der Waals surface area contributed by atoms with Crippen LogP contribution in [-0.2, 0) is 21.4 Å². The zero-order chi connectivity index (χ0) is 22.0. The molecule has 0 aromatic heterocycles. The molecule has 9 heteroatoms. The lowest BCUT2D eigenvalue weighted by Crippen LogP contribution is -2.28. The summed E-state index contributed by atoms with van der Waals surface area (Å²) in [5, 5.41) is 2.78. The molecule has 162 valence electrons. The second-order valence-electron chi connectivity index (χ2n) is 7.26. The zero-order valence-electron chi connectivity index (χ0n) is 17.3. The Morgan fingerprint density at radius 1 is 1.13 bits per heavy atom. The Bertz CT molecular complexity index is 1180. The average Bonchev–Trinajstić information content (AvgIpc) is 3.32. The summed E-state index contributed by atoms with van der Waals surface area (Å²) in [7, 11) is -3.73. The number of fused-ring (bicyclic) bond motifs is 1. The summed E-state index contributed by atoms with van der Waals surface area (Å²) in [5.41, 5.74) is 3.08. The highest BCUT2D eigenvalue weighted by molar-refractivity contribution is 8.00. The van der Waals surface area contributed by atoms with Crippen molar-refractivity contribution in [3.63, 3.8) is 0 Å². The molecule has 8 nitrogen and oxygen atoms in total. The Kier molecular flexibility index (Phi) is 5.69. The Hall–Kier alpha value is -3.33. The van der Waals surface area contributed by atoms with Crippen LogP contribution in [0.4, 0.5) is 0 Å². The van der Waals surface area contributed by atoms with Crippen LogP contribution < -0.4 is 19.5 Å². The van der Waals surface area contributed by atoms with Gasteiger partial charge in [-0.15, -0.1) is 0 Å². The number of nitrogens with zero attached hydrogens (tertiary/aromatic N) is 1. The van der Waals surface area contributed by atoms with Gasteiger partial charge in [0, 0.05) is 12.1 Å². The van der Waals surface area contributed by atoms with E-state index >= 15 is 0 Å². The molecular formula is C22H23N3O5S. The molecule has 0 unspecified atom stereocenters. The predicted octanol–water partition coefficient (Wildman–Crippen LogP) is 2.49. The summed E-state index contributed by atoms with van der Waals surface area (Å²) in [6, 6.07) is 12.7.